The third-order valence-corrected chi connectivity index (χ3v) is 5.97. The van der Waals surface area contributed by atoms with Crippen molar-refractivity contribution >= 4 is 22.9 Å². The van der Waals surface area contributed by atoms with Crippen molar-refractivity contribution in [3.8, 4) is 11.8 Å². The third kappa shape index (κ3) is 3.69. The third-order valence-electron chi connectivity index (χ3n) is 5.97. The van der Waals surface area contributed by atoms with Crippen LogP contribution in [0.15, 0.2) is 47.5 Å². The van der Waals surface area contributed by atoms with Gasteiger partial charge < -0.3 is 4.74 Å². The molecule has 2 aromatic carbocycles. The Hall–Kier alpha value is -3.45. The summed E-state index contributed by atoms with van der Waals surface area (Å²) in [6, 6.07) is 14.7. The first-order valence-corrected chi connectivity index (χ1v) is 10.3. The molecule has 164 valence electrons. The molecule has 0 N–H and O–H groups in total. The molecule has 5 rings (SSSR count). The molecule has 2 aliphatic heterocycles. The van der Waals surface area contributed by atoms with Crippen LogP contribution in [0.4, 0.5) is 18.9 Å². The zero-order chi connectivity index (χ0) is 22.3. The van der Waals surface area contributed by atoms with E-state index in [4.69, 9.17) is 4.74 Å². The maximum Gasteiger partial charge on any atom is 0.521 e. The highest BCUT2D eigenvalue weighted by Crippen LogP contribution is 2.37. The molecule has 0 spiro atoms. The van der Waals surface area contributed by atoms with Crippen molar-refractivity contribution in [2.24, 2.45) is 10.9 Å². The number of hydrogen-bond acceptors (Lipinski definition) is 6. The van der Waals surface area contributed by atoms with E-state index in [1.54, 1.807) is 18.3 Å². The van der Waals surface area contributed by atoms with Crippen molar-refractivity contribution in [2.45, 2.75) is 24.7 Å². The number of halogens is 3. The second-order valence-corrected chi connectivity index (χ2v) is 7.93. The molecule has 3 heterocycles. The van der Waals surface area contributed by atoms with Gasteiger partial charge in [-0.3, -0.25) is 9.89 Å². The van der Waals surface area contributed by atoms with Crippen molar-refractivity contribution in [3.63, 3.8) is 0 Å². The number of fused-ring (bicyclic) bond motifs is 2. The minimum Gasteiger partial charge on any atom is -0.492 e. The summed E-state index contributed by atoms with van der Waals surface area (Å²) in [6.45, 7) is 1.89. The molecular weight excluding hydrogens is 421 g/mol. The fourth-order valence-electron chi connectivity index (χ4n) is 4.38. The first kappa shape index (κ1) is 20.5. The number of nitriles is 1. The molecule has 3 atom stereocenters. The van der Waals surface area contributed by atoms with Crippen molar-refractivity contribution in [1.82, 2.24) is 19.9 Å². The molecule has 10 heteroatoms. The maximum atomic E-state index is 13.0. The van der Waals surface area contributed by atoms with Gasteiger partial charge in [0.25, 0.3) is 0 Å². The van der Waals surface area contributed by atoms with Crippen LogP contribution < -0.4 is 4.74 Å². The van der Waals surface area contributed by atoms with Crippen LogP contribution >= 0.6 is 0 Å². The van der Waals surface area contributed by atoms with Crippen molar-refractivity contribution < 1.29 is 17.9 Å². The number of hydrogen-bond donors (Lipinski definition) is 0. The lowest BCUT2D eigenvalue weighted by atomic mass is 9.89. The number of aliphatic imine (C=N–C) groups is 1. The second-order valence-electron chi connectivity index (χ2n) is 7.93. The van der Waals surface area contributed by atoms with Crippen LogP contribution in [0.1, 0.15) is 17.9 Å². The van der Waals surface area contributed by atoms with Gasteiger partial charge in [-0.1, -0.05) is 29.1 Å². The minimum absolute atomic E-state index is 0.0177. The van der Waals surface area contributed by atoms with Gasteiger partial charge >= 0.3 is 6.30 Å². The molecule has 1 fully saturated rings. The summed E-state index contributed by atoms with van der Waals surface area (Å²) in [4.78, 5) is 6.55. The molecule has 0 radical (unpaired) electrons. The Kier molecular flexibility index (Phi) is 5.06. The molecule has 2 aliphatic rings. The van der Waals surface area contributed by atoms with Gasteiger partial charge in [-0.05, 0) is 31.2 Å². The van der Waals surface area contributed by atoms with Crippen LogP contribution in [-0.2, 0) is 6.30 Å². The number of para-hydroxylation sites is 1. The molecule has 0 saturated carbocycles. The number of nitrogens with zero attached hydrogens (tertiary/aromatic N) is 6. The molecular formula is C22H19F3N6O. The first-order chi connectivity index (χ1) is 15.4. The lowest BCUT2D eigenvalue weighted by Crippen LogP contribution is -2.45. The van der Waals surface area contributed by atoms with Crippen molar-refractivity contribution in [2.75, 3.05) is 19.7 Å². The van der Waals surface area contributed by atoms with E-state index in [9.17, 15) is 18.4 Å². The highest BCUT2D eigenvalue weighted by molar-refractivity contribution is 5.88. The fraction of sp³-hybridized carbons (Fsp3) is 0.364. The molecule has 3 aromatic rings. The van der Waals surface area contributed by atoms with Crippen LogP contribution in [0.25, 0.3) is 11.0 Å². The molecule has 1 unspecified atom stereocenters. The molecule has 1 saturated heterocycles. The van der Waals surface area contributed by atoms with E-state index in [0.717, 1.165) is 24.3 Å². The Morgan fingerprint density at radius 3 is 2.78 bits per heavy atom. The van der Waals surface area contributed by atoms with Gasteiger partial charge in [-0.2, -0.15) is 5.26 Å². The number of likely N-dealkylation sites (tertiary alicyclic amines) is 1. The predicted molar refractivity (Wildman–Crippen MR) is 111 cm³/mol. The SMILES string of the molecule is N#C[C@H]1CCN([C@H]2COc3ccccc3C2C=Nc2cccc3nn(C(F)(F)F)nc23)C1. The second kappa shape index (κ2) is 7.91. The minimum atomic E-state index is -4.70. The number of benzene rings is 2. The van der Waals surface area contributed by atoms with Gasteiger partial charge in [0, 0.05) is 24.2 Å². The maximum absolute atomic E-state index is 13.0. The van der Waals surface area contributed by atoms with E-state index in [1.807, 2.05) is 24.3 Å². The van der Waals surface area contributed by atoms with E-state index in [1.165, 1.54) is 6.07 Å². The Bertz CT molecular complexity index is 1210. The fourth-order valence-corrected chi connectivity index (χ4v) is 4.38. The smallest absolute Gasteiger partial charge is 0.492 e. The summed E-state index contributed by atoms with van der Waals surface area (Å²) in [7, 11) is 0. The van der Waals surface area contributed by atoms with E-state index >= 15 is 0 Å². The van der Waals surface area contributed by atoms with Crippen molar-refractivity contribution in [3.05, 3.63) is 48.0 Å². The number of alkyl halides is 3. The highest BCUT2D eigenvalue weighted by atomic mass is 19.4. The molecule has 0 amide bonds. The predicted octanol–water partition coefficient (Wildman–Crippen LogP) is 4.00. The summed E-state index contributed by atoms with van der Waals surface area (Å²) < 4.78 is 45.1. The highest BCUT2D eigenvalue weighted by Gasteiger charge is 2.38. The lowest BCUT2D eigenvalue weighted by Gasteiger charge is -2.37. The average Bonchev–Trinajstić information content (AvgIpc) is 3.44. The van der Waals surface area contributed by atoms with Gasteiger partial charge in [0.2, 0.25) is 0 Å². The lowest BCUT2D eigenvalue weighted by molar-refractivity contribution is -0.220. The summed E-state index contributed by atoms with van der Waals surface area (Å²) in [5, 5.41) is 16.4. The molecule has 7 nitrogen and oxygen atoms in total. The standard InChI is InChI=1S/C22H19F3N6O/c23-22(24,25)31-28-18-6-3-5-17(21(18)29-31)27-11-16-15-4-1-2-7-20(15)32-13-19(16)30-9-8-14(10-26)12-30/h1-7,11,14,16,19H,8-9,12-13H2/t14-,16?,19+/m1/s1. The molecule has 32 heavy (non-hydrogen) atoms. The monoisotopic (exact) mass is 440 g/mol. The number of aromatic nitrogens is 3. The Balaban J connectivity index is 1.51. The van der Waals surface area contributed by atoms with E-state index in [2.05, 4.69) is 26.2 Å². The van der Waals surface area contributed by atoms with Gasteiger partial charge in [-0.25, -0.2) is 0 Å². The normalized spacial score (nSPS) is 23.9. The van der Waals surface area contributed by atoms with E-state index in [-0.39, 0.29) is 33.7 Å². The molecule has 0 bridgehead atoms. The van der Waals surface area contributed by atoms with Gasteiger partial charge in [0.1, 0.15) is 23.4 Å². The summed E-state index contributed by atoms with van der Waals surface area (Å²) in [5.74, 6) is 0.596. The zero-order valence-corrected chi connectivity index (χ0v) is 16.9. The average molecular weight is 440 g/mol. The van der Waals surface area contributed by atoms with E-state index < -0.39 is 6.30 Å². The Morgan fingerprint density at radius 2 is 2.00 bits per heavy atom. The summed E-state index contributed by atoms with van der Waals surface area (Å²) in [6.07, 6.45) is -2.14. The van der Waals surface area contributed by atoms with E-state index in [0.29, 0.717) is 18.8 Å². The van der Waals surface area contributed by atoms with Gasteiger partial charge in [-0.15, -0.1) is 23.4 Å². The molecule has 1 aromatic heterocycles. The van der Waals surface area contributed by atoms with Crippen molar-refractivity contribution in [1.29, 1.82) is 5.26 Å². The molecule has 0 aliphatic carbocycles. The first-order valence-electron chi connectivity index (χ1n) is 10.3. The topological polar surface area (TPSA) is 79.3 Å². The van der Waals surface area contributed by atoms with Gasteiger partial charge in [0.15, 0.2) is 0 Å². The number of rotatable bonds is 3. The zero-order valence-electron chi connectivity index (χ0n) is 16.9. The Morgan fingerprint density at radius 1 is 1.16 bits per heavy atom. The summed E-state index contributed by atoms with van der Waals surface area (Å²) in [5.41, 5.74) is 1.48. The van der Waals surface area contributed by atoms with Crippen LogP contribution in [0, 0.1) is 17.2 Å². The largest absolute Gasteiger partial charge is 0.521 e. The van der Waals surface area contributed by atoms with Crippen LogP contribution in [0.3, 0.4) is 0 Å². The quantitative estimate of drug-likeness (QED) is 0.576. The van der Waals surface area contributed by atoms with Crippen LogP contribution in [0.2, 0.25) is 0 Å². The number of ether oxygens (including phenoxy) is 1. The van der Waals surface area contributed by atoms with Gasteiger partial charge in [0.05, 0.1) is 23.7 Å². The van der Waals surface area contributed by atoms with Crippen LogP contribution in [-0.4, -0.2) is 51.8 Å². The Labute approximate surface area is 181 Å². The van der Waals surface area contributed by atoms with Crippen LogP contribution in [0.5, 0.6) is 5.75 Å². The summed E-state index contributed by atoms with van der Waals surface area (Å²) >= 11 is 0.